The molecule has 0 aliphatic rings. The van der Waals surface area contributed by atoms with Crippen LogP contribution in [0.4, 0.5) is 0 Å². The number of para-hydroxylation sites is 2. The highest BCUT2D eigenvalue weighted by molar-refractivity contribution is 14.1. The van der Waals surface area contributed by atoms with Crippen LogP contribution in [0.15, 0.2) is 24.3 Å². The lowest BCUT2D eigenvalue weighted by Gasteiger charge is -2.10. The zero-order valence-electron chi connectivity index (χ0n) is 8.13. The van der Waals surface area contributed by atoms with Crippen molar-refractivity contribution in [2.75, 3.05) is 11.2 Å². The van der Waals surface area contributed by atoms with E-state index in [4.69, 9.17) is 9.57 Å². The maximum absolute atomic E-state index is 5.39. The summed E-state index contributed by atoms with van der Waals surface area (Å²) in [5, 5.41) is 0. The van der Waals surface area contributed by atoms with Crippen LogP contribution in [-0.2, 0) is 0 Å². The van der Waals surface area contributed by atoms with Crippen LogP contribution in [0.1, 0.15) is 13.3 Å². The quantitative estimate of drug-likeness (QED) is 0.379. The Morgan fingerprint density at radius 2 is 2.00 bits per heavy atom. The van der Waals surface area contributed by atoms with Crippen molar-refractivity contribution in [3.8, 4) is 11.5 Å². The second-order valence-electron chi connectivity index (χ2n) is 2.70. The van der Waals surface area contributed by atoms with Gasteiger partial charge in [-0.15, -0.1) is 0 Å². The molecule has 0 radical (unpaired) electrons. The predicted molar refractivity (Wildman–Crippen MR) is 64.9 cm³/mol. The minimum absolute atomic E-state index is 0.617. The molecule has 0 aliphatic heterocycles. The zero-order chi connectivity index (χ0) is 10.2. The van der Waals surface area contributed by atoms with Gasteiger partial charge in [0.25, 0.3) is 0 Å². The van der Waals surface area contributed by atoms with Gasteiger partial charge in [0, 0.05) is 6.54 Å². The van der Waals surface area contributed by atoms with E-state index in [0.717, 1.165) is 24.5 Å². The first-order valence-electron chi connectivity index (χ1n) is 4.56. The van der Waals surface area contributed by atoms with Crippen LogP contribution in [0.2, 0.25) is 0 Å². The average molecular weight is 307 g/mol. The van der Waals surface area contributed by atoms with Crippen molar-refractivity contribution in [3.63, 3.8) is 0 Å². The van der Waals surface area contributed by atoms with Crippen molar-refractivity contribution < 1.29 is 9.57 Å². The number of alkyl halides is 1. The van der Waals surface area contributed by atoms with Crippen LogP contribution in [0, 0.1) is 0 Å². The molecular formula is C10H14INO2. The van der Waals surface area contributed by atoms with E-state index >= 15 is 0 Å². The van der Waals surface area contributed by atoms with Gasteiger partial charge in [-0.3, -0.25) is 0 Å². The summed E-state index contributed by atoms with van der Waals surface area (Å²) in [6, 6.07) is 7.61. The summed E-state index contributed by atoms with van der Waals surface area (Å²) in [5.74, 6) is 1.50. The van der Waals surface area contributed by atoms with Crippen molar-refractivity contribution in [3.05, 3.63) is 24.3 Å². The normalized spacial score (nSPS) is 9.86. The predicted octanol–water partition coefficient (Wildman–Crippen LogP) is 2.75. The molecule has 1 rings (SSSR count). The fraction of sp³-hybridized carbons (Fsp3) is 0.400. The van der Waals surface area contributed by atoms with Crippen LogP contribution in [0.25, 0.3) is 0 Å². The van der Waals surface area contributed by atoms with E-state index in [1.165, 1.54) is 0 Å². The third-order valence-corrected chi connectivity index (χ3v) is 1.90. The van der Waals surface area contributed by atoms with E-state index in [9.17, 15) is 0 Å². The lowest BCUT2D eigenvalue weighted by Crippen LogP contribution is -2.19. The van der Waals surface area contributed by atoms with Crippen LogP contribution in [-0.4, -0.2) is 11.2 Å². The first-order valence-corrected chi connectivity index (χ1v) is 6.08. The minimum atomic E-state index is 0.617. The Balaban J connectivity index is 2.55. The van der Waals surface area contributed by atoms with Crippen molar-refractivity contribution >= 4 is 22.6 Å². The lowest BCUT2D eigenvalue weighted by atomic mass is 10.3. The third-order valence-electron chi connectivity index (χ3n) is 1.59. The van der Waals surface area contributed by atoms with Gasteiger partial charge in [0.15, 0.2) is 11.5 Å². The molecular weight excluding hydrogens is 293 g/mol. The molecule has 1 aromatic carbocycles. The smallest absolute Gasteiger partial charge is 0.188 e. The molecule has 0 amide bonds. The average Bonchev–Trinajstić information content (AvgIpc) is 2.21. The number of hydrogen-bond donors (Lipinski definition) is 1. The molecule has 78 valence electrons. The Kier molecular flexibility index (Phi) is 5.70. The Bertz CT molecular complexity index is 268. The molecule has 0 unspecified atom stereocenters. The number of benzene rings is 1. The number of halogens is 1. The van der Waals surface area contributed by atoms with Gasteiger partial charge in [-0.1, -0.05) is 19.1 Å². The number of nitrogens with one attached hydrogen (secondary N) is 1. The topological polar surface area (TPSA) is 30.5 Å². The number of rotatable bonds is 6. The first kappa shape index (κ1) is 11.6. The number of hydroxylamine groups is 1. The summed E-state index contributed by atoms with van der Waals surface area (Å²) < 4.78 is 6.01. The molecule has 0 atom stereocenters. The van der Waals surface area contributed by atoms with E-state index in [2.05, 4.69) is 35.0 Å². The van der Waals surface area contributed by atoms with Gasteiger partial charge in [0.2, 0.25) is 0 Å². The van der Waals surface area contributed by atoms with E-state index < -0.39 is 0 Å². The van der Waals surface area contributed by atoms with E-state index in [-0.39, 0.29) is 0 Å². The van der Waals surface area contributed by atoms with Gasteiger partial charge in [-0.05, 0) is 41.1 Å². The highest BCUT2D eigenvalue weighted by Crippen LogP contribution is 2.25. The summed E-state index contributed by atoms with van der Waals surface area (Å²) in [7, 11) is 0. The fourth-order valence-electron chi connectivity index (χ4n) is 0.943. The summed E-state index contributed by atoms with van der Waals surface area (Å²) in [6.45, 7) is 2.92. The standard InChI is InChI=1S/C10H14INO2/c1-2-7-12-14-10-6-4-3-5-9(10)13-8-11/h3-6,12H,2,7-8H2,1H3. The lowest BCUT2D eigenvalue weighted by molar-refractivity contribution is 0.187. The highest BCUT2D eigenvalue weighted by atomic mass is 127. The van der Waals surface area contributed by atoms with Crippen LogP contribution in [0.5, 0.6) is 11.5 Å². The molecule has 0 aliphatic carbocycles. The highest BCUT2D eigenvalue weighted by Gasteiger charge is 2.02. The van der Waals surface area contributed by atoms with Gasteiger partial charge in [-0.25, -0.2) is 0 Å². The van der Waals surface area contributed by atoms with E-state index in [1.54, 1.807) is 0 Å². The monoisotopic (exact) mass is 307 g/mol. The zero-order valence-corrected chi connectivity index (χ0v) is 10.3. The largest absolute Gasteiger partial charge is 0.479 e. The van der Waals surface area contributed by atoms with Gasteiger partial charge in [0.1, 0.15) is 4.61 Å². The maximum atomic E-state index is 5.39. The Morgan fingerprint density at radius 3 is 2.64 bits per heavy atom. The van der Waals surface area contributed by atoms with Crippen molar-refractivity contribution in [2.24, 2.45) is 0 Å². The van der Waals surface area contributed by atoms with Gasteiger partial charge >= 0.3 is 0 Å². The molecule has 0 spiro atoms. The Labute approximate surface area is 97.9 Å². The SMILES string of the molecule is CCCNOc1ccccc1OCI. The van der Waals surface area contributed by atoms with E-state index in [1.807, 2.05) is 24.3 Å². The van der Waals surface area contributed by atoms with Gasteiger partial charge in [-0.2, -0.15) is 5.48 Å². The Hall–Kier alpha value is -0.490. The van der Waals surface area contributed by atoms with Crippen LogP contribution in [0.3, 0.4) is 0 Å². The van der Waals surface area contributed by atoms with Gasteiger partial charge in [0.05, 0.1) is 0 Å². The molecule has 0 saturated carbocycles. The summed E-state index contributed by atoms with van der Waals surface area (Å²) in [4.78, 5) is 5.35. The van der Waals surface area contributed by atoms with E-state index in [0.29, 0.717) is 4.61 Å². The maximum Gasteiger partial charge on any atom is 0.188 e. The number of hydrogen-bond acceptors (Lipinski definition) is 3. The second kappa shape index (κ2) is 6.89. The number of ether oxygens (including phenoxy) is 1. The Morgan fingerprint density at radius 1 is 1.29 bits per heavy atom. The molecule has 0 fully saturated rings. The van der Waals surface area contributed by atoms with Crippen LogP contribution >= 0.6 is 22.6 Å². The molecule has 0 heterocycles. The summed E-state index contributed by atoms with van der Waals surface area (Å²) in [5.41, 5.74) is 2.87. The molecule has 1 N–H and O–H groups in total. The summed E-state index contributed by atoms with van der Waals surface area (Å²) >= 11 is 2.15. The summed E-state index contributed by atoms with van der Waals surface area (Å²) in [6.07, 6.45) is 1.04. The molecule has 1 aromatic rings. The van der Waals surface area contributed by atoms with Gasteiger partial charge < -0.3 is 9.57 Å². The molecule has 0 bridgehead atoms. The van der Waals surface area contributed by atoms with Crippen LogP contribution < -0.4 is 15.1 Å². The van der Waals surface area contributed by atoms with Crippen molar-refractivity contribution in [1.82, 2.24) is 5.48 Å². The minimum Gasteiger partial charge on any atom is -0.479 e. The first-order chi connectivity index (χ1) is 6.88. The molecule has 14 heavy (non-hydrogen) atoms. The second-order valence-corrected chi connectivity index (χ2v) is 3.32. The molecule has 0 aromatic heterocycles. The van der Waals surface area contributed by atoms with Crippen molar-refractivity contribution in [1.29, 1.82) is 0 Å². The molecule has 4 heteroatoms. The fourth-order valence-corrected chi connectivity index (χ4v) is 1.28. The van der Waals surface area contributed by atoms with Crippen molar-refractivity contribution in [2.45, 2.75) is 13.3 Å². The third kappa shape index (κ3) is 3.71. The molecule has 0 saturated heterocycles. The molecule has 3 nitrogen and oxygen atoms in total.